The van der Waals surface area contributed by atoms with Gasteiger partial charge in [0.1, 0.15) is 12.5 Å². The van der Waals surface area contributed by atoms with Gasteiger partial charge in [-0.15, -0.1) is 0 Å². The highest BCUT2D eigenvalue weighted by Crippen LogP contribution is 2.23. The fourth-order valence-corrected chi connectivity index (χ4v) is 1.18. The average molecular weight is 142 g/mol. The number of carbonyl (C=O) groups excluding carboxylic acids is 1. The van der Waals surface area contributed by atoms with Crippen molar-refractivity contribution in [1.82, 2.24) is 0 Å². The van der Waals surface area contributed by atoms with Gasteiger partial charge in [-0.25, -0.2) is 4.39 Å². The fraction of sp³-hybridized carbons (Fsp3) is 0.625. The summed E-state index contributed by atoms with van der Waals surface area (Å²) in [5.41, 5.74) is 0. The molecule has 1 nitrogen and oxygen atoms in total. The van der Waals surface area contributed by atoms with Gasteiger partial charge in [0.05, 0.1) is 0 Å². The molecule has 0 amide bonds. The van der Waals surface area contributed by atoms with Crippen molar-refractivity contribution in [2.45, 2.75) is 19.5 Å². The van der Waals surface area contributed by atoms with Crippen LogP contribution in [0.15, 0.2) is 12.2 Å². The third kappa shape index (κ3) is 1.43. The van der Waals surface area contributed by atoms with Crippen LogP contribution in [0.25, 0.3) is 0 Å². The van der Waals surface area contributed by atoms with E-state index in [1.54, 1.807) is 6.08 Å². The maximum absolute atomic E-state index is 12.7. The van der Waals surface area contributed by atoms with E-state index in [4.69, 9.17) is 0 Å². The number of hydrogen-bond donors (Lipinski definition) is 0. The Bertz CT molecular complexity index is 153. The third-order valence-corrected chi connectivity index (χ3v) is 1.90. The number of allylic oxidation sites excluding steroid dienone is 2. The van der Waals surface area contributed by atoms with Gasteiger partial charge < -0.3 is 4.79 Å². The number of halogens is 1. The van der Waals surface area contributed by atoms with E-state index in [1.807, 2.05) is 6.92 Å². The second-order valence-corrected chi connectivity index (χ2v) is 2.84. The SMILES string of the molecule is CC1CC(C=O)C=C[C@H]1F. The van der Waals surface area contributed by atoms with Crippen molar-refractivity contribution in [3.63, 3.8) is 0 Å². The topological polar surface area (TPSA) is 17.1 Å². The molecule has 0 aromatic heterocycles. The van der Waals surface area contributed by atoms with Gasteiger partial charge in [-0.1, -0.05) is 19.1 Å². The van der Waals surface area contributed by atoms with E-state index in [-0.39, 0.29) is 11.8 Å². The fourth-order valence-electron chi connectivity index (χ4n) is 1.18. The molecule has 0 saturated carbocycles. The Balaban J connectivity index is 2.59. The highest BCUT2D eigenvalue weighted by molar-refractivity contribution is 5.57. The third-order valence-electron chi connectivity index (χ3n) is 1.90. The lowest BCUT2D eigenvalue weighted by Gasteiger charge is -2.20. The van der Waals surface area contributed by atoms with E-state index in [0.29, 0.717) is 6.42 Å². The first-order chi connectivity index (χ1) is 4.74. The van der Waals surface area contributed by atoms with Crippen LogP contribution in [0.2, 0.25) is 0 Å². The molecule has 0 heterocycles. The van der Waals surface area contributed by atoms with Crippen LogP contribution in [0.4, 0.5) is 4.39 Å². The van der Waals surface area contributed by atoms with Crippen LogP contribution >= 0.6 is 0 Å². The predicted octanol–water partition coefficient (Wildman–Crippen LogP) is 1.74. The van der Waals surface area contributed by atoms with E-state index >= 15 is 0 Å². The first kappa shape index (κ1) is 7.45. The Labute approximate surface area is 59.9 Å². The summed E-state index contributed by atoms with van der Waals surface area (Å²) in [5, 5.41) is 0. The number of carbonyl (C=O) groups is 1. The number of hydrogen-bond acceptors (Lipinski definition) is 1. The van der Waals surface area contributed by atoms with E-state index in [0.717, 1.165) is 6.29 Å². The number of rotatable bonds is 1. The molecule has 1 aliphatic carbocycles. The molecule has 0 aromatic rings. The molecular formula is C8H11FO. The monoisotopic (exact) mass is 142 g/mol. The van der Waals surface area contributed by atoms with Crippen molar-refractivity contribution in [1.29, 1.82) is 0 Å². The van der Waals surface area contributed by atoms with E-state index in [1.165, 1.54) is 6.08 Å². The number of alkyl halides is 1. The first-order valence-corrected chi connectivity index (χ1v) is 3.51. The van der Waals surface area contributed by atoms with Crippen LogP contribution in [0, 0.1) is 11.8 Å². The van der Waals surface area contributed by atoms with Crippen molar-refractivity contribution in [2.75, 3.05) is 0 Å². The van der Waals surface area contributed by atoms with Gasteiger partial charge in [0, 0.05) is 5.92 Å². The van der Waals surface area contributed by atoms with Gasteiger partial charge in [0.2, 0.25) is 0 Å². The zero-order chi connectivity index (χ0) is 7.56. The van der Waals surface area contributed by atoms with Crippen LogP contribution in [0.1, 0.15) is 13.3 Å². The molecule has 0 spiro atoms. The summed E-state index contributed by atoms with van der Waals surface area (Å²) in [6, 6.07) is 0. The van der Waals surface area contributed by atoms with Gasteiger partial charge in [0.15, 0.2) is 0 Å². The Kier molecular flexibility index (Phi) is 2.20. The largest absolute Gasteiger partial charge is 0.303 e. The van der Waals surface area contributed by atoms with Gasteiger partial charge in [-0.2, -0.15) is 0 Å². The molecular weight excluding hydrogens is 131 g/mol. The zero-order valence-electron chi connectivity index (χ0n) is 5.96. The normalized spacial score (nSPS) is 39.6. The Morgan fingerprint density at radius 3 is 2.80 bits per heavy atom. The molecule has 2 unspecified atom stereocenters. The van der Waals surface area contributed by atoms with Gasteiger partial charge >= 0.3 is 0 Å². The molecule has 0 N–H and O–H groups in total. The first-order valence-electron chi connectivity index (χ1n) is 3.51. The van der Waals surface area contributed by atoms with E-state index in [9.17, 15) is 9.18 Å². The minimum atomic E-state index is -0.851. The molecule has 0 saturated heterocycles. The average Bonchev–Trinajstić information content (AvgIpc) is 1.95. The van der Waals surface area contributed by atoms with Crippen LogP contribution < -0.4 is 0 Å². The van der Waals surface area contributed by atoms with Crippen LogP contribution in [-0.4, -0.2) is 12.5 Å². The molecule has 1 rings (SSSR count). The summed E-state index contributed by atoms with van der Waals surface area (Å²) in [6.45, 7) is 1.82. The quantitative estimate of drug-likeness (QED) is 0.402. The summed E-state index contributed by atoms with van der Waals surface area (Å²) in [7, 11) is 0. The Morgan fingerprint density at radius 1 is 1.60 bits per heavy atom. The minimum Gasteiger partial charge on any atom is -0.303 e. The summed E-state index contributed by atoms with van der Waals surface area (Å²) in [5.74, 6) is -0.0535. The molecule has 0 aliphatic heterocycles. The maximum atomic E-state index is 12.7. The number of aldehydes is 1. The van der Waals surface area contributed by atoms with Crippen molar-refractivity contribution in [3.05, 3.63) is 12.2 Å². The molecule has 56 valence electrons. The molecule has 0 fully saturated rings. The minimum absolute atomic E-state index is 0.000185. The van der Waals surface area contributed by atoms with Crippen molar-refractivity contribution < 1.29 is 9.18 Å². The zero-order valence-corrected chi connectivity index (χ0v) is 5.96. The molecule has 10 heavy (non-hydrogen) atoms. The van der Waals surface area contributed by atoms with Crippen molar-refractivity contribution >= 4 is 6.29 Å². The summed E-state index contributed by atoms with van der Waals surface area (Å²) in [4.78, 5) is 10.2. The van der Waals surface area contributed by atoms with Crippen LogP contribution in [0.5, 0.6) is 0 Å². The van der Waals surface area contributed by atoms with Gasteiger partial charge in [0.25, 0.3) is 0 Å². The van der Waals surface area contributed by atoms with E-state index in [2.05, 4.69) is 0 Å². The highest BCUT2D eigenvalue weighted by atomic mass is 19.1. The highest BCUT2D eigenvalue weighted by Gasteiger charge is 2.21. The maximum Gasteiger partial charge on any atom is 0.126 e. The molecule has 0 radical (unpaired) electrons. The second kappa shape index (κ2) is 2.95. The lowest BCUT2D eigenvalue weighted by atomic mass is 9.88. The van der Waals surface area contributed by atoms with E-state index < -0.39 is 6.17 Å². The molecule has 0 bridgehead atoms. The van der Waals surface area contributed by atoms with Crippen LogP contribution in [0.3, 0.4) is 0 Å². The lowest BCUT2D eigenvalue weighted by molar-refractivity contribution is -0.110. The standard InChI is InChI=1S/C8H11FO/c1-6-4-7(5-10)2-3-8(6)9/h2-3,5-8H,4H2,1H3/t6?,7?,8-/m1/s1. The Hall–Kier alpha value is -0.660. The second-order valence-electron chi connectivity index (χ2n) is 2.84. The van der Waals surface area contributed by atoms with Crippen molar-refractivity contribution in [2.24, 2.45) is 11.8 Å². The predicted molar refractivity (Wildman–Crippen MR) is 37.4 cm³/mol. The molecule has 1 aliphatic rings. The van der Waals surface area contributed by atoms with Crippen LogP contribution in [-0.2, 0) is 4.79 Å². The molecule has 3 atom stereocenters. The Morgan fingerprint density at radius 2 is 2.30 bits per heavy atom. The molecule has 0 aromatic carbocycles. The smallest absolute Gasteiger partial charge is 0.126 e. The summed E-state index contributed by atoms with van der Waals surface area (Å²) >= 11 is 0. The summed E-state index contributed by atoms with van der Waals surface area (Å²) in [6.07, 6.45) is 3.81. The van der Waals surface area contributed by atoms with Crippen molar-refractivity contribution in [3.8, 4) is 0 Å². The lowest BCUT2D eigenvalue weighted by Crippen LogP contribution is -2.19. The summed E-state index contributed by atoms with van der Waals surface area (Å²) < 4.78 is 12.7. The molecule has 2 heteroatoms. The van der Waals surface area contributed by atoms with Gasteiger partial charge in [-0.3, -0.25) is 0 Å². The van der Waals surface area contributed by atoms with Gasteiger partial charge in [-0.05, 0) is 12.3 Å².